The number of rotatable bonds is 5. The topological polar surface area (TPSA) is 50.1 Å². The second-order valence-corrected chi connectivity index (χ2v) is 6.03. The number of aliphatic hydroxyl groups excluding tert-OH is 1. The maximum atomic E-state index is 10.4. The van der Waals surface area contributed by atoms with E-state index in [1.807, 2.05) is 36.9 Å². The standard InChI is InChI=1S/C19H23N3O/c1-13-18(14(2)22(3)21-13)11-20-12-19(23)17-9-8-15-6-4-5-7-16(15)10-17/h4-10,19-20,23H,11-12H2,1-3H3. The molecule has 0 spiro atoms. The van der Waals surface area contributed by atoms with E-state index in [4.69, 9.17) is 0 Å². The predicted molar refractivity (Wildman–Crippen MR) is 93.3 cm³/mol. The van der Waals surface area contributed by atoms with Crippen molar-refractivity contribution in [2.45, 2.75) is 26.5 Å². The number of nitrogens with zero attached hydrogens (tertiary/aromatic N) is 2. The predicted octanol–water partition coefficient (Wildman–Crippen LogP) is 3.01. The lowest BCUT2D eigenvalue weighted by atomic mass is 10.0. The minimum atomic E-state index is -0.517. The Kier molecular flexibility index (Phi) is 4.46. The Bertz CT molecular complexity index is 823. The summed E-state index contributed by atoms with van der Waals surface area (Å²) in [6.07, 6.45) is -0.517. The summed E-state index contributed by atoms with van der Waals surface area (Å²) in [6.45, 7) is 5.32. The highest BCUT2D eigenvalue weighted by Crippen LogP contribution is 2.20. The van der Waals surface area contributed by atoms with Gasteiger partial charge in [-0.15, -0.1) is 0 Å². The van der Waals surface area contributed by atoms with E-state index in [2.05, 4.69) is 41.6 Å². The van der Waals surface area contributed by atoms with Gasteiger partial charge in [-0.25, -0.2) is 0 Å². The zero-order valence-electron chi connectivity index (χ0n) is 13.9. The van der Waals surface area contributed by atoms with Gasteiger partial charge in [0, 0.05) is 31.4 Å². The third-order valence-electron chi connectivity index (χ3n) is 4.46. The maximum Gasteiger partial charge on any atom is 0.0914 e. The van der Waals surface area contributed by atoms with Gasteiger partial charge in [-0.05, 0) is 36.2 Å². The molecule has 120 valence electrons. The smallest absolute Gasteiger partial charge is 0.0914 e. The van der Waals surface area contributed by atoms with E-state index < -0.39 is 6.10 Å². The van der Waals surface area contributed by atoms with Gasteiger partial charge in [0.15, 0.2) is 0 Å². The highest BCUT2D eigenvalue weighted by molar-refractivity contribution is 5.83. The van der Waals surface area contributed by atoms with Crippen LogP contribution >= 0.6 is 0 Å². The lowest BCUT2D eigenvalue weighted by Crippen LogP contribution is -2.21. The lowest BCUT2D eigenvalue weighted by molar-refractivity contribution is 0.174. The fraction of sp³-hybridized carbons (Fsp3) is 0.316. The van der Waals surface area contributed by atoms with E-state index in [0.29, 0.717) is 6.54 Å². The normalized spacial score (nSPS) is 12.7. The van der Waals surface area contributed by atoms with E-state index >= 15 is 0 Å². The van der Waals surface area contributed by atoms with Crippen LogP contribution in [0.2, 0.25) is 0 Å². The summed E-state index contributed by atoms with van der Waals surface area (Å²) < 4.78 is 1.89. The van der Waals surface area contributed by atoms with Gasteiger partial charge < -0.3 is 10.4 Å². The number of hydrogen-bond acceptors (Lipinski definition) is 3. The van der Waals surface area contributed by atoms with Gasteiger partial charge in [0.25, 0.3) is 0 Å². The van der Waals surface area contributed by atoms with Crippen molar-refractivity contribution >= 4 is 10.8 Å². The van der Waals surface area contributed by atoms with Crippen LogP contribution in [0.1, 0.15) is 28.6 Å². The Morgan fingerprint density at radius 2 is 1.87 bits per heavy atom. The van der Waals surface area contributed by atoms with Gasteiger partial charge in [0.2, 0.25) is 0 Å². The minimum Gasteiger partial charge on any atom is -0.387 e. The molecule has 0 radical (unpaired) electrons. The molecule has 1 aromatic heterocycles. The molecule has 1 atom stereocenters. The first-order chi connectivity index (χ1) is 11.1. The van der Waals surface area contributed by atoms with Crippen LogP contribution in [0.15, 0.2) is 42.5 Å². The van der Waals surface area contributed by atoms with Crippen molar-refractivity contribution in [3.63, 3.8) is 0 Å². The third kappa shape index (κ3) is 3.28. The SMILES string of the molecule is Cc1nn(C)c(C)c1CNCC(O)c1ccc2ccccc2c1. The Balaban J connectivity index is 1.65. The van der Waals surface area contributed by atoms with Gasteiger partial charge >= 0.3 is 0 Å². The molecule has 1 heterocycles. The van der Waals surface area contributed by atoms with Crippen LogP contribution < -0.4 is 5.32 Å². The molecule has 0 fully saturated rings. The van der Waals surface area contributed by atoms with Crippen LogP contribution in [0.4, 0.5) is 0 Å². The first kappa shape index (κ1) is 15.7. The molecule has 2 aromatic carbocycles. The average Bonchev–Trinajstić information content (AvgIpc) is 2.80. The Morgan fingerprint density at radius 1 is 1.13 bits per heavy atom. The highest BCUT2D eigenvalue weighted by Gasteiger charge is 2.11. The number of aromatic nitrogens is 2. The van der Waals surface area contributed by atoms with Gasteiger partial charge in [-0.1, -0.05) is 36.4 Å². The maximum absolute atomic E-state index is 10.4. The van der Waals surface area contributed by atoms with Crippen LogP contribution in [-0.2, 0) is 13.6 Å². The minimum absolute atomic E-state index is 0.517. The van der Waals surface area contributed by atoms with Crippen molar-refractivity contribution in [3.8, 4) is 0 Å². The van der Waals surface area contributed by atoms with Crippen molar-refractivity contribution < 1.29 is 5.11 Å². The molecule has 0 aliphatic carbocycles. The second kappa shape index (κ2) is 6.52. The van der Waals surface area contributed by atoms with Crippen molar-refractivity contribution in [2.75, 3.05) is 6.54 Å². The largest absolute Gasteiger partial charge is 0.387 e. The van der Waals surface area contributed by atoms with E-state index in [-0.39, 0.29) is 0 Å². The first-order valence-electron chi connectivity index (χ1n) is 7.93. The monoisotopic (exact) mass is 309 g/mol. The Hall–Kier alpha value is -2.17. The van der Waals surface area contributed by atoms with Gasteiger partial charge in [-0.2, -0.15) is 5.10 Å². The van der Waals surface area contributed by atoms with E-state index in [0.717, 1.165) is 28.9 Å². The summed E-state index contributed by atoms with van der Waals surface area (Å²) in [5, 5.41) is 20.5. The molecule has 0 amide bonds. The van der Waals surface area contributed by atoms with Gasteiger partial charge in [0.05, 0.1) is 11.8 Å². The molecule has 1 unspecified atom stereocenters. The molecule has 0 aliphatic heterocycles. The molecular formula is C19H23N3O. The molecule has 2 N–H and O–H groups in total. The van der Waals surface area contributed by atoms with Crippen molar-refractivity contribution in [2.24, 2.45) is 7.05 Å². The summed E-state index contributed by atoms with van der Waals surface area (Å²) in [5.74, 6) is 0. The average molecular weight is 309 g/mol. The van der Waals surface area contributed by atoms with E-state index in [9.17, 15) is 5.11 Å². The van der Waals surface area contributed by atoms with Crippen molar-refractivity contribution in [1.29, 1.82) is 0 Å². The molecule has 0 aliphatic rings. The molecular weight excluding hydrogens is 286 g/mol. The number of aryl methyl sites for hydroxylation is 2. The van der Waals surface area contributed by atoms with Gasteiger partial charge in [-0.3, -0.25) is 4.68 Å². The number of hydrogen-bond donors (Lipinski definition) is 2. The zero-order chi connectivity index (χ0) is 16.4. The number of nitrogens with one attached hydrogen (secondary N) is 1. The summed E-state index contributed by atoms with van der Waals surface area (Å²) in [4.78, 5) is 0. The fourth-order valence-corrected chi connectivity index (χ4v) is 2.94. The number of aliphatic hydroxyl groups is 1. The van der Waals surface area contributed by atoms with Crippen LogP contribution in [0.5, 0.6) is 0 Å². The summed E-state index contributed by atoms with van der Waals surface area (Å²) in [5.41, 5.74) is 4.35. The molecule has 3 rings (SSSR count). The molecule has 4 heteroatoms. The molecule has 0 saturated carbocycles. The summed E-state index contributed by atoms with van der Waals surface area (Å²) in [6, 6.07) is 14.3. The Morgan fingerprint density at radius 3 is 2.57 bits per heavy atom. The lowest BCUT2D eigenvalue weighted by Gasteiger charge is -2.13. The zero-order valence-corrected chi connectivity index (χ0v) is 13.9. The van der Waals surface area contributed by atoms with Crippen LogP contribution in [0.3, 0.4) is 0 Å². The second-order valence-electron chi connectivity index (χ2n) is 6.03. The van der Waals surface area contributed by atoms with Crippen molar-refractivity contribution in [1.82, 2.24) is 15.1 Å². The highest BCUT2D eigenvalue weighted by atomic mass is 16.3. The summed E-state index contributed by atoms with van der Waals surface area (Å²) >= 11 is 0. The quantitative estimate of drug-likeness (QED) is 0.762. The van der Waals surface area contributed by atoms with E-state index in [1.165, 1.54) is 10.9 Å². The fourth-order valence-electron chi connectivity index (χ4n) is 2.94. The van der Waals surface area contributed by atoms with E-state index in [1.54, 1.807) is 0 Å². The Labute approximate surface area is 136 Å². The number of fused-ring (bicyclic) bond motifs is 1. The van der Waals surface area contributed by atoms with Gasteiger partial charge in [0.1, 0.15) is 0 Å². The van der Waals surface area contributed by atoms with Crippen molar-refractivity contribution in [3.05, 3.63) is 65.0 Å². The van der Waals surface area contributed by atoms with Crippen LogP contribution in [-0.4, -0.2) is 21.4 Å². The molecule has 0 bridgehead atoms. The molecule has 4 nitrogen and oxygen atoms in total. The first-order valence-corrected chi connectivity index (χ1v) is 7.93. The van der Waals surface area contributed by atoms with Crippen LogP contribution in [0, 0.1) is 13.8 Å². The molecule has 0 saturated heterocycles. The van der Waals surface area contributed by atoms with Crippen LogP contribution in [0.25, 0.3) is 10.8 Å². The summed E-state index contributed by atoms with van der Waals surface area (Å²) in [7, 11) is 1.95. The molecule has 3 aromatic rings. The third-order valence-corrected chi connectivity index (χ3v) is 4.46. The molecule has 23 heavy (non-hydrogen) atoms. The number of benzene rings is 2.